The lowest BCUT2D eigenvalue weighted by Gasteiger charge is -2.11. The van der Waals surface area contributed by atoms with Crippen molar-refractivity contribution in [1.82, 2.24) is 0 Å². The second-order valence-corrected chi connectivity index (χ2v) is 8.89. The molecule has 0 atom stereocenters. The first kappa shape index (κ1) is 27.4. The van der Waals surface area contributed by atoms with E-state index in [0.29, 0.717) is 34.8 Å². The van der Waals surface area contributed by atoms with Crippen molar-refractivity contribution in [3.05, 3.63) is 94.6 Å². The predicted molar refractivity (Wildman–Crippen MR) is 149 cm³/mol. The first-order chi connectivity index (χ1) is 18.9. The van der Waals surface area contributed by atoms with Gasteiger partial charge in [-0.05, 0) is 54.0 Å². The number of methoxy groups -OCH3 is 2. The standard InChI is InChI=1S/C32H30O7/c1-4-5-8-17-38-26-14-11-21(19-28(26)36-2)13-16-30(33)39-27-15-12-22(20-29(27)37-3)18-25-31(34)23-9-6-7-10-24(23)32(25)35/h6-7,9-16,18-20H,4-5,8,17H2,1-3H3/b16-13+. The van der Waals surface area contributed by atoms with E-state index >= 15 is 0 Å². The number of Topliss-reactive ketones (excluding diaryl/α,β-unsaturated/α-hetero) is 2. The fourth-order valence-corrected chi connectivity index (χ4v) is 4.18. The smallest absolute Gasteiger partial charge is 0.336 e. The summed E-state index contributed by atoms with van der Waals surface area (Å²) in [6.45, 7) is 2.75. The van der Waals surface area contributed by atoms with Crippen LogP contribution in [0.15, 0.2) is 72.3 Å². The Morgan fingerprint density at radius 2 is 1.38 bits per heavy atom. The lowest BCUT2D eigenvalue weighted by atomic mass is 10.1. The number of carbonyl (C=O) groups excluding carboxylic acids is 3. The Labute approximate surface area is 227 Å². The van der Waals surface area contributed by atoms with Crippen LogP contribution >= 0.6 is 0 Å². The van der Waals surface area contributed by atoms with Crippen molar-refractivity contribution in [2.24, 2.45) is 0 Å². The molecule has 1 aliphatic rings. The van der Waals surface area contributed by atoms with Gasteiger partial charge in [0.15, 0.2) is 34.6 Å². The van der Waals surface area contributed by atoms with Crippen LogP contribution < -0.4 is 18.9 Å². The van der Waals surface area contributed by atoms with E-state index in [9.17, 15) is 14.4 Å². The maximum Gasteiger partial charge on any atom is 0.336 e. The van der Waals surface area contributed by atoms with E-state index < -0.39 is 5.97 Å². The summed E-state index contributed by atoms with van der Waals surface area (Å²) >= 11 is 0. The van der Waals surface area contributed by atoms with Crippen LogP contribution in [0.25, 0.3) is 12.2 Å². The van der Waals surface area contributed by atoms with Gasteiger partial charge in [-0.3, -0.25) is 9.59 Å². The van der Waals surface area contributed by atoms with Crippen LogP contribution in [-0.4, -0.2) is 38.4 Å². The zero-order valence-corrected chi connectivity index (χ0v) is 22.2. The van der Waals surface area contributed by atoms with Crippen molar-refractivity contribution in [3.63, 3.8) is 0 Å². The summed E-state index contributed by atoms with van der Waals surface area (Å²) in [6, 6.07) is 17.0. The summed E-state index contributed by atoms with van der Waals surface area (Å²) in [4.78, 5) is 37.9. The Kier molecular flexibility index (Phi) is 8.94. The molecule has 0 saturated heterocycles. The van der Waals surface area contributed by atoms with Crippen molar-refractivity contribution in [2.45, 2.75) is 26.2 Å². The van der Waals surface area contributed by atoms with Crippen LogP contribution in [0.5, 0.6) is 23.0 Å². The maximum atomic E-state index is 12.7. The Bertz CT molecular complexity index is 1410. The summed E-state index contributed by atoms with van der Waals surface area (Å²) in [5.41, 5.74) is 2.18. The minimum Gasteiger partial charge on any atom is -0.493 e. The fraction of sp³-hybridized carbons (Fsp3) is 0.219. The highest BCUT2D eigenvalue weighted by Gasteiger charge is 2.32. The third kappa shape index (κ3) is 6.44. The summed E-state index contributed by atoms with van der Waals surface area (Å²) in [5, 5.41) is 0. The van der Waals surface area contributed by atoms with Crippen LogP contribution in [0.2, 0.25) is 0 Å². The van der Waals surface area contributed by atoms with Gasteiger partial charge < -0.3 is 18.9 Å². The first-order valence-electron chi connectivity index (χ1n) is 12.7. The van der Waals surface area contributed by atoms with Gasteiger partial charge in [0, 0.05) is 17.2 Å². The van der Waals surface area contributed by atoms with Gasteiger partial charge in [-0.25, -0.2) is 4.79 Å². The molecule has 0 saturated carbocycles. The summed E-state index contributed by atoms with van der Waals surface area (Å²) in [6.07, 6.45) is 7.63. The normalized spacial score (nSPS) is 12.4. The van der Waals surface area contributed by atoms with E-state index in [1.54, 1.807) is 61.7 Å². The van der Waals surface area contributed by atoms with E-state index in [4.69, 9.17) is 18.9 Å². The Morgan fingerprint density at radius 1 is 0.769 bits per heavy atom. The second-order valence-electron chi connectivity index (χ2n) is 8.89. The second kappa shape index (κ2) is 12.7. The topological polar surface area (TPSA) is 88.1 Å². The van der Waals surface area contributed by atoms with E-state index in [1.165, 1.54) is 19.3 Å². The molecule has 0 aromatic heterocycles. The molecule has 0 amide bonds. The predicted octanol–water partition coefficient (Wildman–Crippen LogP) is 6.35. The van der Waals surface area contributed by atoms with Gasteiger partial charge in [0.2, 0.25) is 0 Å². The molecule has 0 aliphatic heterocycles. The molecule has 7 heteroatoms. The van der Waals surface area contributed by atoms with E-state index in [-0.39, 0.29) is 28.6 Å². The Balaban J connectivity index is 1.44. The number of carbonyl (C=O) groups is 3. The van der Waals surface area contributed by atoms with Crippen LogP contribution in [0.4, 0.5) is 0 Å². The van der Waals surface area contributed by atoms with Crippen LogP contribution in [-0.2, 0) is 4.79 Å². The minimum absolute atomic E-state index is 0.0822. The van der Waals surface area contributed by atoms with E-state index in [1.807, 2.05) is 12.1 Å². The zero-order valence-electron chi connectivity index (χ0n) is 22.2. The Morgan fingerprint density at radius 3 is 2.05 bits per heavy atom. The maximum absolute atomic E-state index is 12.7. The summed E-state index contributed by atoms with van der Waals surface area (Å²) in [5.74, 6) is 0.484. The molecule has 0 heterocycles. The number of esters is 1. The van der Waals surface area contributed by atoms with Gasteiger partial charge in [-0.2, -0.15) is 0 Å². The molecule has 0 radical (unpaired) electrons. The number of ether oxygens (including phenoxy) is 4. The van der Waals surface area contributed by atoms with Gasteiger partial charge in [-0.1, -0.05) is 56.2 Å². The molecule has 39 heavy (non-hydrogen) atoms. The Hall–Kier alpha value is -4.65. The first-order valence-corrected chi connectivity index (χ1v) is 12.7. The number of ketones is 2. The van der Waals surface area contributed by atoms with E-state index in [0.717, 1.165) is 24.8 Å². The van der Waals surface area contributed by atoms with Gasteiger partial charge in [0.1, 0.15) is 0 Å². The van der Waals surface area contributed by atoms with Crippen LogP contribution in [0.1, 0.15) is 58.0 Å². The van der Waals surface area contributed by atoms with Gasteiger partial charge >= 0.3 is 5.97 Å². The highest BCUT2D eigenvalue weighted by molar-refractivity contribution is 6.41. The SMILES string of the molecule is CCCCCOc1ccc(/C=C/C(=O)Oc2ccc(C=C3C(=O)c4ccccc4C3=O)cc2OC)cc1OC. The third-order valence-corrected chi connectivity index (χ3v) is 6.22. The number of unbranched alkanes of at least 4 members (excludes halogenated alkanes) is 2. The lowest BCUT2D eigenvalue weighted by Crippen LogP contribution is -2.05. The van der Waals surface area contributed by atoms with Crippen molar-refractivity contribution in [1.29, 1.82) is 0 Å². The third-order valence-electron chi connectivity index (χ3n) is 6.22. The monoisotopic (exact) mass is 526 g/mol. The molecule has 1 aliphatic carbocycles. The molecule has 0 spiro atoms. The molecule has 0 unspecified atom stereocenters. The molecular weight excluding hydrogens is 496 g/mol. The van der Waals surface area contributed by atoms with Crippen LogP contribution in [0, 0.1) is 0 Å². The molecule has 3 aromatic carbocycles. The molecule has 0 bridgehead atoms. The summed E-state index contributed by atoms with van der Waals surface area (Å²) < 4.78 is 22.1. The number of hydrogen-bond acceptors (Lipinski definition) is 7. The molecule has 7 nitrogen and oxygen atoms in total. The average Bonchev–Trinajstić information content (AvgIpc) is 3.20. The van der Waals surface area contributed by atoms with Gasteiger partial charge in [0.05, 0.1) is 26.4 Å². The molecule has 4 rings (SSSR count). The molecular formula is C32H30O7. The van der Waals surface area contributed by atoms with Gasteiger partial charge in [-0.15, -0.1) is 0 Å². The van der Waals surface area contributed by atoms with Crippen molar-refractivity contribution < 1.29 is 33.3 Å². The van der Waals surface area contributed by atoms with Gasteiger partial charge in [0.25, 0.3) is 0 Å². The molecule has 200 valence electrons. The quantitative estimate of drug-likeness (QED) is 0.0945. The molecule has 0 fully saturated rings. The highest BCUT2D eigenvalue weighted by atomic mass is 16.6. The highest BCUT2D eigenvalue weighted by Crippen LogP contribution is 2.32. The molecule has 3 aromatic rings. The fourth-order valence-electron chi connectivity index (χ4n) is 4.18. The zero-order chi connectivity index (χ0) is 27.8. The summed E-state index contributed by atoms with van der Waals surface area (Å²) in [7, 11) is 3.01. The molecule has 0 N–H and O–H groups in total. The number of fused-ring (bicyclic) bond motifs is 1. The largest absolute Gasteiger partial charge is 0.493 e. The lowest BCUT2D eigenvalue weighted by molar-refractivity contribution is -0.129. The van der Waals surface area contributed by atoms with E-state index in [2.05, 4.69) is 6.92 Å². The minimum atomic E-state index is -0.602. The number of benzene rings is 3. The van der Waals surface area contributed by atoms with Crippen molar-refractivity contribution in [2.75, 3.05) is 20.8 Å². The number of rotatable bonds is 11. The average molecular weight is 527 g/mol. The number of hydrogen-bond donors (Lipinski definition) is 0. The van der Waals surface area contributed by atoms with Crippen molar-refractivity contribution in [3.8, 4) is 23.0 Å². The van der Waals surface area contributed by atoms with Crippen LogP contribution in [0.3, 0.4) is 0 Å². The number of allylic oxidation sites excluding steroid dienone is 1. The van der Waals surface area contributed by atoms with Crippen molar-refractivity contribution >= 4 is 29.7 Å².